The first-order chi connectivity index (χ1) is 11.5. The van der Waals surface area contributed by atoms with E-state index in [1.807, 2.05) is 19.1 Å². The fourth-order valence-electron chi connectivity index (χ4n) is 3.78. The first kappa shape index (κ1) is 17.4. The molecule has 5 nitrogen and oxygen atoms in total. The minimum atomic E-state index is -0.395. The van der Waals surface area contributed by atoms with Gasteiger partial charge in [-0.2, -0.15) is 0 Å². The standard InChI is InChI=1S/C19H29N3O2/c1-19(20)8-3-2-7-17(19)18(23)21-16-6-4-5-15(13-16)14-22-9-11-24-12-10-22/h4-6,13,17H,2-3,7-12,14,20H2,1H3,(H,21,23). The number of hydrogen-bond acceptors (Lipinski definition) is 4. The Bertz CT molecular complexity index is 567. The van der Waals surface area contributed by atoms with E-state index in [2.05, 4.69) is 22.3 Å². The number of benzene rings is 1. The Morgan fingerprint density at radius 3 is 2.92 bits per heavy atom. The van der Waals surface area contributed by atoms with Gasteiger partial charge >= 0.3 is 0 Å². The Morgan fingerprint density at radius 1 is 1.38 bits per heavy atom. The van der Waals surface area contributed by atoms with E-state index in [0.717, 1.165) is 64.2 Å². The number of nitrogens with zero attached hydrogens (tertiary/aromatic N) is 1. The number of rotatable bonds is 4. The van der Waals surface area contributed by atoms with Crippen LogP contribution in [0.15, 0.2) is 24.3 Å². The van der Waals surface area contributed by atoms with Crippen molar-refractivity contribution in [1.82, 2.24) is 4.90 Å². The molecule has 1 aliphatic carbocycles. The summed E-state index contributed by atoms with van der Waals surface area (Å²) in [5.41, 5.74) is 8.04. The number of nitrogens with one attached hydrogen (secondary N) is 1. The van der Waals surface area contributed by atoms with Crippen molar-refractivity contribution in [3.05, 3.63) is 29.8 Å². The Kier molecular flexibility index (Phi) is 5.54. The molecule has 1 heterocycles. The summed E-state index contributed by atoms with van der Waals surface area (Å²) >= 11 is 0. The third-order valence-electron chi connectivity index (χ3n) is 5.28. The average molecular weight is 331 g/mol. The molecular formula is C19H29N3O2. The molecule has 2 atom stereocenters. The fourth-order valence-corrected chi connectivity index (χ4v) is 3.78. The van der Waals surface area contributed by atoms with Crippen molar-refractivity contribution in [1.29, 1.82) is 0 Å². The second-order valence-electron chi connectivity index (χ2n) is 7.38. The largest absolute Gasteiger partial charge is 0.379 e. The molecule has 0 aromatic heterocycles. The number of morpholine rings is 1. The van der Waals surface area contributed by atoms with Gasteiger partial charge in [-0.05, 0) is 37.5 Å². The third-order valence-corrected chi connectivity index (χ3v) is 5.28. The predicted octanol–water partition coefficient (Wildman–Crippen LogP) is 2.36. The normalized spacial score (nSPS) is 28.5. The number of amides is 1. The Labute approximate surface area is 144 Å². The van der Waals surface area contributed by atoms with Crippen LogP contribution in [0.3, 0.4) is 0 Å². The third kappa shape index (κ3) is 4.35. The van der Waals surface area contributed by atoms with Gasteiger partial charge in [-0.15, -0.1) is 0 Å². The van der Waals surface area contributed by atoms with Gasteiger partial charge in [-0.1, -0.05) is 25.0 Å². The monoisotopic (exact) mass is 331 g/mol. The van der Waals surface area contributed by atoms with Crippen LogP contribution in [0.4, 0.5) is 5.69 Å². The lowest BCUT2D eigenvalue weighted by atomic mass is 9.74. The quantitative estimate of drug-likeness (QED) is 0.889. The molecule has 1 amide bonds. The van der Waals surface area contributed by atoms with E-state index < -0.39 is 5.54 Å². The molecule has 1 aliphatic heterocycles. The number of carbonyl (C=O) groups excluding carboxylic acids is 1. The molecule has 1 saturated heterocycles. The van der Waals surface area contributed by atoms with E-state index in [1.165, 1.54) is 5.56 Å². The maximum absolute atomic E-state index is 12.7. The van der Waals surface area contributed by atoms with E-state index in [4.69, 9.17) is 10.5 Å². The van der Waals surface area contributed by atoms with Crippen LogP contribution in [-0.4, -0.2) is 42.6 Å². The molecule has 2 aliphatic rings. The van der Waals surface area contributed by atoms with Gasteiger partial charge in [0, 0.05) is 30.9 Å². The molecule has 2 unspecified atom stereocenters. The van der Waals surface area contributed by atoms with E-state index in [9.17, 15) is 4.79 Å². The first-order valence-electron chi connectivity index (χ1n) is 9.03. The van der Waals surface area contributed by atoms with E-state index in [1.54, 1.807) is 0 Å². The van der Waals surface area contributed by atoms with Gasteiger partial charge in [0.1, 0.15) is 0 Å². The van der Waals surface area contributed by atoms with Crippen LogP contribution in [0, 0.1) is 5.92 Å². The van der Waals surface area contributed by atoms with Crippen molar-refractivity contribution in [2.45, 2.75) is 44.7 Å². The number of nitrogens with two attached hydrogens (primary N) is 1. The number of hydrogen-bond donors (Lipinski definition) is 2. The maximum Gasteiger partial charge on any atom is 0.229 e. The summed E-state index contributed by atoms with van der Waals surface area (Å²) in [7, 11) is 0. The van der Waals surface area contributed by atoms with Crippen molar-refractivity contribution in [3.8, 4) is 0 Å². The molecule has 5 heteroatoms. The molecule has 2 fully saturated rings. The Balaban J connectivity index is 1.62. The average Bonchev–Trinajstić information content (AvgIpc) is 2.55. The lowest BCUT2D eigenvalue weighted by Gasteiger charge is -2.37. The number of anilines is 1. The van der Waals surface area contributed by atoms with Gasteiger partial charge in [0.25, 0.3) is 0 Å². The summed E-state index contributed by atoms with van der Waals surface area (Å²) in [5.74, 6) is -0.0441. The van der Waals surface area contributed by atoms with Gasteiger partial charge in [-0.25, -0.2) is 0 Å². The summed E-state index contributed by atoms with van der Waals surface area (Å²) in [6.45, 7) is 6.42. The van der Waals surface area contributed by atoms with Crippen molar-refractivity contribution in [2.75, 3.05) is 31.6 Å². The molecule has 1 saturated carbocycles. The van der Waals surface area contributed by atoms with Crippen LogP contribution in [-0.2, 0) is 16.1 Å². The van der Waals surface area contributed by atoms with Crippen LogP contribution in [0.2, 0.25) is 0 Å². The Hall–Kier alpha value is -1.43. The second kappa shape index (κ2) is 7.64. The van der Waals surface area contributed by atoms with Crippen molar-refractivity contribution >= 4 is 11.6 Å². The van der Waals surface area contributed by atoms with Crippen LogP contribution in [0.25, 0.3) is 0 Å². The summed E-state index contributed by atoms with van der Waals surface area (Å²) in [6, 6.07) is 8.15. The predicted molar refractivity (Wildman–Crippen MR) is 95.7 cm³/mol. The van der Waals surface area contributed by atoms with Gasteiger partial charge in [0.2, 0.25) is 5.91 Å². The van der Waals surface area contributed by atoms with Crippen LogP contribution in [0.5, 0.6) is 0 Å². The first-order valence-corrected chi connectivity index (χ1v) is 9.03. The van der Waals surface area contributed by atoms with E-state index >= 15 is 0 Å². The zero-order chi connectivity index (χ0) is 17.0. The molecule has 24 heavy (non-hydrogen) atoms. The zero-order valence-corrected chi connectivity index (χ0v) is 14.6. The highest BCUT2D eigenvalue weighted by Crippen LogP contribution is 2.32. The number of carbonyl (C=O) groups is 1. The number of ether oxygens (including phenoxy) is 1. The van der Waals surface area contributed by atoms with Crippen LogP contribution < -0.4 is 11.1 Å². The smallest absolute Gasteiger partial charge is 0.229 e. The van der Waals surface area contributed by atoms with Crippen molar-refractivity contribution in [2.24, 2.45) is 11.7 Å². The highest BCUT2D eigenvalue weighted by atomic mass is 16.5. The highest BCUT2D eigenvalue weighted by molar-refractivity contribution is 5.93. The topological polar surface area (TPSA) is 67.6 Å². The summed E-state index contributed by atoms with van der Waals surface area (Å²) < 4.78 is 5.39. The maximum atomic E-state index is 12.7. The summed E-state index contributed by atoms with van der Waals surface area (Å²) in [4.78, 5) is 15.0. The SMILES string of the molecule is CC1(N)CCCCC1C(=O)Nc1cccc(CN2CCOCC2)c1. The van der Waals surface area contributed by atoms with Gasteiger partial charge < -0.3 is 15.8 Å². The molecule has 3 N–H and O–H groups in total. The molecule has 0 radical (unpaired) electrons. The molecule has 132 valence electrons. The highest BCUT2D eigenvalue weighted by Gasteiger charge is 2.37. The van der Waals surface area contributed by atoms with Crippen molar-refractivity contribution < 1.29 is 9.53 Å². The zero-order valence-electron chi connectivity index (χ0n) is 14.6. The van der Waals surface area contributed by atoms with E-state index in [-0.39, 0.29) is 11.8 Å². The van der Waals surface area contributed by atoms with E-state index in [0.29, 0.717) is 0 Å². The lowest BCUT2D eigenvalue weighted by molar-refractivity contribution is -0.122. The molecule has 3 rings (SSSR count). The minimum absolute atomic E-state index is 0.0585. The lowest BCUT2D eigenvalue weighted by Crippen LogP contribution is -2.51. The van der Waals surface area contributed by atoms with Crippen molar-refractivity contribution in [3.63, 3.8) is 0 Å². The van der Waals surface area contributed by atoms with Gasteiger partial charge in [-0.3, -0.25) is 9.69 Å². The van der Waals surface area contributed by atoms with Crippen LogP contribution in [0.1, 0.15) is 38.2 Å². The Morgan fingerprint density at radius 2 is 2.17 bits per heavy atom. The van der Waals surface area contributed by atoms with Crippen LogP contribution >= 0.6 is 0 Å². The second-order valence-corrected chi connectivity index (χ2v) is 7.38. The van der Waals surface area contributed by atoms with Gasteiger partial charge in [0.15, 0.2) is 0 Å². The summed E-state index contributed by atoms with van der Waals surface area (Å²) in [6.07, 6.45) is 4.00. The molecule has 0 bridgehead atoms. The molecule has 1 aromatic carbocycles. The molecular weight excluding hydrogens is 302 g/mol. The minimum Gasteiger partial charge on any atom is -0.379 e. The fraction of sp³-hybridized carbons (Fsp3) is 0.632. The van der Waals surface area contributed by atoms with Gasteiger partial charge in [0.05, 0.1) is 19.1 Å². The summed E-state index contributed by atoms with van der Waals surface area (Å²) in [5, 5.41) is 3.08. The molecule has 0 spiro atoms. The molecule has 1 aromatic rings.